The maximum Gasteiger partial charge on any atom is 0.328 e. The third kappa shape index (κ3) is 7.27. The average molecular weight is 370 g/mol. The van der Waals surface area contributed by atoms with E-state index in [0.717, 1.165) is 0 Å². The van der Waals surface area contributed by atoms with Crippen molar-refractivity contribution in [2.75, 3.05) is 13.1 Å². The number of hydrogen-bond acceptors (Lipinski definition) is 7. The molecular weight excluding hydrogens is 348 g/mol. The van der Waals surface area contributed by atoms with E-state index in [1.165, 1.54) is 19.4 Å². The minimum Gasteiger partial charge on any atom is -0.480 e. The first-order valence-corrected chi connectivity index (χ1v) is 7.68. The molecular formula is C14H22N6O6. The summed E-state index contributed by atoms with van der Waals surface area (Å²) in [4.78, 5) is 52.4. The van der Waals surface area contributed by atoms with Gasteiger partial charge in [0.05, 0.1) is 31.6 Å². The molecule has 3 unspecified atom stereocenters. The van der Waals surface area contributed by atoms with Crippen molar-refractivity contribution in [1.29, 1.82) is 0 Å². The second-order valence-electron chi connectivity index (χ2n) is 5.51. The van der Waals surface area contributed by atoms with E-state index in [4.69, 9.17) is 10.8 Å². The zero-order chi connectivity index (χ0) is 19.7. The number of aliphatic carboxylic acids is 1. The van der Waals surface area contributed by atoms with Crippen molar-refractivity contribution in [1.82, 2.24) is 25.9 Å². The number of imidazole rings is 1. The van der Waals surface area contributed by atoms with Crippen molar-refractivity contribution in [3.63, 3.8) is 0 Å². The summed E-state index contributed by atoms with van der Waals surface area (Å²) < 4.78 is 0. The van der Waals surface area contributed by atoms with E-state index in [9.17, 15) is 24.3 Å². The Labute approximate surface area is 148 Å². The fourth-order valence-electron chi connectivity index (χ4n) is 1.88. The molecule has 144 valence electrons. The molecule has 1 aromatic heterocycles. The number of aromatic nitrogens is 2. The number of rotatable bonds is 10. The van der Waals surface area contributed by atoms with Crippen molar-refractivity contribution in [3.05, 3.63) is 18.2 Å². The van der Waals surface area contributed by atoms with Crippen molar-refractivity contribution in [3.8, 4) is 0 Å². The highest BCUT2D eigenvalue weighted by Crippen LogP contribution is 1.96. The second-order valence-corrected chi connectivity index (χ2v) is 5.51. The van der Waals surface area contributed by atoms with Crippen LogP contribution in [0.3, 0.4) is 0 Å². The number of carboxylic acids is 1. The van der Waals surface area contributed by atoms with Crippen LogP contribution >= 0.6 is 0 Å². The molecule has 0 fully saturated rings. The predicted molar refractivity (Wildman–Crippen MR) is 87.5 cm³/mol. The van der Waals surface area contributed by atoms with Crippen LogP contribution in [0.2, 0.25) is 0 Å². The van der Waals surface area contributed by atoms with E-state index in [2.05, 4.69) is 25.9 Å². The monoisotopic (exact) mass is 370 g/mol. The molecule has 26 heavy (non-hydrogen) atoms. The molecule has 0 aliphatic carbocycles. The lowest BCUT2D eigenvalue weighted by Crippen LogP contribution is -2.51. The van der Waals surface area contributed by atoms with Gasteiger partial charge in [-0.3, -0.25) is 14.4 Å². The van der Waals surface area contributed by atoms with Gasteiger partial charge >= 0.3 is 5.97 Å². The number of aromatic amines is 1. The lowest BCUT2D eigenvalue weighted by Gasteiger charge is -2.17. The molecule has 1 rings (SSSR count). The van der Waals surface area contributed by atoms with E-state index >= 15 is 0 Å². The summed E-state index contributed by atoms with van der Waals surface area (Å²) in [6.45, 7) is 0.298. The second kappa shape index (κ2) is 10.1. The van der Waals surface area contributed by atoms with E-state index in [1.807, 2.05) is 0 Å². The Kier molecular flexibility index (Phi) is 8.18. The zero-order valence-corrected chi connectivity index (χ0v) is 14.1. The number of H-pyrrole nitrogens is 1. The van der Waals surface area contributed by atoms with Gasteiger partial charge in [0, 0.05) is 18.3 Å². The van der Waals surface area contributed by atoms with Gasteiger partial charge in [0.15, 0.2) is 6.04 Å². The highest BCUT2D eigenvalue weighted by atomic mass is 16.4. The number of nitrogens with one attached hydrogen (secondary N) is 4. The standard InChI is InChI=1S/C14H22N6O6/c1-7(21)12(14(25)26)20-11(23)5-17-10(22)4-18-13(24)9(15)2-8-3-16-6-19-8/h3,6-7,9,12,21H,2,4-5,15H2,1H3,(H,16,19)(H,17,22)(H,18,24)(H,20,23)(H,25,26). The molecule has 8 N–H and O–H groups in total. The number of carboxylic acid groups (broad SMARTS) is 1. The largest absolute Gasteiger partial charge is 0.480 e. The number of carbonyl (C=O) groups is 4. The van der Waals surface area contributed by atoms with Crippen molar-refractivity contribution < 1.29 is 29.4 Å². The van der Waals surface area contributed by atoms with Gasteiger partial charge in [-0.05, 0) is 6.92 Å². The van der Waals surface area contributed by atoms with Gasteiger partial charge in [0.2, 0.25) is 17.7 Å². The molecule has 1 aromatic rings. The van der Waals surface area contributed by atoms with Crippen LogP contribution in [-0.2, 0) is 25.6 Å². The van der Waals surface area contributed by atoms with E-state index in [1.54, 1.807) is 0 Å². The Hall–Kier alpha value is -2.99. The summed E-state index contributed by atoms with van der Waals surface area (Å²) >= 11 is 0. The molecule has 3 atom stereocenters. The van der Waals surface area contributed by atoms with Crippen molar-refractivity contribution in [2.24, 2.45) is 5.73 Å². The molecule has 1 heterocycles. The number of hydrogen-bond donors (Lipinski definition) is 7. The fraction of sp³-hybridized carbons (Fsp3) is 0.500. The smallest absolute Gasteiger partial charge is 0.328 e. The number of carbonyl (C=O) groups excluding carboxylic acids is 3. The maximum atomic E-state index is 11.8. The van der Waals surface area contributed by atoms with Gasteiger partial charge in [-0.1, -0.05) is 0 Å². The van der Waals surface area contributed by atoms with Gasteiger partial charge in [-0.25, -0.2) is 9.78 Å². The van der Waals surface area contributed by atoms with Crippen LogP contribution in [0.1, 0.15) is 12.6 Å². The first kappa shape index (κ1) is 21.1. The topological polar surface area (TPSA) is 200 Å². The Morgan fingerprint density at radius 3 is 2.42 bits per heavy atom. The van der Waals surface area contributed by atoms with Gasteiger partial charge in [0.25, 0.3) is 0 Å². The van der Waals surface area contributed by atoms with E-state index < -0.39 is 55.0 Å². The third-order valence-electron chi connectivity index (χ3n) is 3.27. The van der Waals surface area contributed by atoms with Crippen molar-refractivity contribution >= 4 is 23.7 Å². The Balaban J connectivity index is 2.30. The van der Waals surface area contributed by atoms with Crippen LogP contribution in [0.25, 0.3) is 0 Å². The molecule has 0 saturated heterocycles. The molecule has 0 bridgehead atoms. The third-order valence-corrected chi connectivity index (χ3v) is 3.27. The highest BCUT2D eigenvalue weighted by molar-refractivity contribution is 5.90. The lowest BCUT2D eigenvalue weighted by molar-refractivity contribution is -0.144. The molecule has 12 nitrogen and oxygen atoms in total. The summed E-state index contributed by atoms with van der Waals surface area (Å²) in [5.41, 5.74) is 6.36. The summed E-state index contributed by atoms with van der Waals surface area (Å²) in [5, 5.41) is 24.7. The van der Waals surface area contributed by atoms with Gasteiger partial charge in [-0.15, -0.1) is 0 Å². The van der Waals surface area contributed by atoms with Crippen LogP contribution in [0.4, 0.5) is 0 Å². The first-order chi connectivity index (χ1) is 12.2. The lowest BCUT2D eigenvalue weighted by atomic mass is 10.1. The molecule has 12 heteroatoms. The van der Waals surface area contributed by atoms with Crippen LogP contribution in [0.15, 0.2) is 12.5 Å². The molecule has 0 aliphatic heterocycles. The quantitative estimate of drug-likeness (QED) is 0.219. The summed E-state index contributed by atoms with van der Waals surface area (Å²) in [5.74, 6) is -3.42. The Morgan fingerprint density at radius 2 is 1.88 bits per heavy atom. The predicted octanol–water partition coefficient (Wildman–Crippen LogP) is -3.54. The maximum absolute atomic E-state index is 11.8. The minimum atomic E-state index is -1.49. The van der Waals surface area contributed by atoms with Crippen LogP contribution in [0, 0.1) is 0 Å². The number of amides is 3. The number of aliphatic hydroxyl groups is 1. The van der Waals surface area contributed by atoms with Crippen LogP contribution in [0.5, 0.6) is 0 Å². The minimum absolute atomic E-state index is 0.214. The summed E-state index contributed by atoms with van der Waals surface area (Å²) in [6, 6.07) is -2.37. The van der Waals surface area contributed by atoms with E-state index in [0.29, 0.717) is 5.69 Å². The van der Waals surface area contributed by atoms with Gasteiger partial charge in [0.1, 0.15) is 0 Å². The molecule has 0 radical (unpaired) electrons. The zero-order valence-electron chi connectivity index (χ0n) is 14.1. The molecule has 3 amide bonds. The summed E-state index contributed by atoms with van der Waals surface area (Å²) in [6.07, 6.45) is 1.88. The molecule has 0 aromatic carbocycles. The van der Waals surface area contributed by atoms with Gasteiger partial charge in [-0.2, -0.15) is 0 Å². The van der Waals surface area contributed by atoms with Crippen molar-refractivity contribution in [2.45, 2.75) is 31.5 Å². The normalized spacial score (nSPS) is 14.0. The van der Waals surface area contributed by atoms with Crippen LogP contribution in [-0.4, -0.2) is 75.1 Å². The summed E-state index contributed by atoms with van der Waals surface area (Å²) in [7, 11) is 0. The number of aliphatic hydroxyl groups excluding tert-OH is 1. The Bertz CT molecular complexity index is 632. The molecule has 0 saturated carbocycles. The van der Waals surface area contributed by atoms with Crippen LogP contribution < -0.4 is 21.7 Å². The first-order valence-electron chi connectivity index (χ1n) is 7.68. The average Bonchev–Trinajstić information content (AvgIpc) is 3.07. The number of nitrogens with two attached hydrogens (primary N) is 1. The SMILES string of the molecule is CC(O)C(NC(=O)CNC(=O)CNC(=O)C(N)Cc1cnc[nH]1)C(=O)O. The molecule has 0 spiro atoms. The van der Waals surface area contributed by atoms with E-state index in [-0.39, 0.29) is 6.42 Å². The molecule has 0 aliphatic rings. The number of nitrogens with zero attached hydrogens (tertiary/aromatic N) is 1. The highest BCUT2D eigenvalue weighted by Gasteiger charge is 2.25. The fourth-order valence-corrected chi connectivity index (χ4v) is 1.88. The Morgan fingerprint density at radius 1 is 1.23 bits per heavy atom. The van der Waals surface area contributed by atoms with Gasteiger partial charge < -0.3 is 36.9 Å².